The molecule has 3 N–H and O–H groups in total. The van der Waals surface area contributed by atoms with Gasteiger partial charge in [-0.1, -0.05) is 50.5 Å². The second-order valence-corrected chi connectivity index (χ2v) is 5.46. The van der Waals surface area contributed by atoms with Crippen LogP contribution in [-0.4, -0.2) is 29.4 Å². The summed E-state index contributed by atoms with van der Waals surface area (Å²) in [6.45, 7) is 4.75. The molecule has 1 aromatic rings. The van der Waals surface area contributed by atoms with Crippen molar-refractivity contribution in [2.24, 2.45) is 0 Å². The molecule has 114 valence electrons. The summed E-state index contributed by atoms with van der Waals surface area (Å²) >= 11 is 0. The number of hydrogen-bond acceptors (Lipinski definition) is 3. The summed E-state index contributed by atoms with van der Waals surface area (Å²) in [6, 6.07) is 8.19. The maximum Gasteiger partial charge on any atom is 0.0940 e. The third-order valence-corrected chi connectivity index (χ3v) is 3.69. The minimum atomic E-state index is -0.532. The van der Waals surface area contributed by atoms with Crippen LogP contribution in [0.3, 0.4) is 0 Å². The highest BCUT2D eigenvalue weighted by molar-refractivity contribution is 5.25. The molecule has 3 heteroatoms. The standard InChI is InChI=1S/C17H29NO2/c1-3-4-5-6-7-15-8-10-16(11-9-15)17(20)14(2)18-12-13-19/h8-11,14,17-20H,3-7,12-13H2,1-2H3. The smallest absolute Gasteiger partial charge is 0.0940 e. The summed E-state index contributed by atoms with van der Waals surface area (Å²) in [6.07, 6.45) is 5.70. The number of benzene rings is 1. The Hall–Kier alpha value is -0.900. The molecule has 0 spiro atoms. The quantitative estimate of drug-likeness (QED) is 0.577. The number of unbranched alkanes of at least 4 members (excludes halogenated alkanes) is 3. The van der Waals surface area contributed by atoms with Gasteiger partial charge in [0.2, 0.25) is 0 Å². The fourth-order valence-electron chi connectivity index (χ4n) is 2.33. The van der Waals surface area contributed by atoms with Crippen molar-refractivity contribution >= 4 is 0 Å². The number of aliphatic hydroxyl groups excluding tert-OH is 2. The average Bonchev–Trinajstić information content (AvgIpc) is 2.49. The SMILES string of the molecule is CCCCCCc1ccc(C(O)C(C)NCCO)cc1. The fourth-order valence-corrected chi connectivity index (χ4v) is 2.33. The van der Waals surface area contributed by atoms with Crippen molar-refractivity contribution < 1.29 is 10.2 Å². The van der Waals surface area contributed by atoms with Crippen molar-refractivity contribution in [3.05, 3.63) is 35.4 Å². The zero-order valence-corrected chi connectivity index (χ0v) is 12.8. The normalized spacial score (nSPS) is 14.2. The van der Waals surface area contributed by atoms with Gasteiger partial charge in [-0.15, -0.1) is 0 Å². The Kier molecular flexibility index (Phi) is 8.51. The van der Waals surface area contributed by atoms with Gasteiger partial charge in [0.05, 0.1) is 12.7 Å². The predicted octanol–water partition coefficient (Wildman–Crippen LogP) is 2.81. The van der Waals surface area contributed by atoms with Crippen LogP contribution in [0, 0.1) is 0 Å². The van der Waals surface area contributed by atoms with Crippen molar-refractivity contribution in [1.29, 1.82) is 0 Å². The molecular formula is C17H29NO2. The molecule has 0 saturated carbocycles. The maximum absolute atomic E-state index is 10.2. The molecule has 0 bridgehead atoms. The van der Waals surface area contributed by atoms with Crippen LogP contribution >= 0.6 is 0 Å². The van der Waals surface area contributed by atoms with E-state index < -0.39 is 6.10 Å². The van der Waals surface area contributed by atoms with E-state index in [0.717, 1.165) is 12.0 Å². The minimum absolute atomic E-state index is 0.0578. The van der Waals surface area contributed by atoms with E-state index in [0.29, 0.717) is 6.54 Å². The number of nitrogens with one attached hydrogen (secondary N) is 1. The Bertz CT molecular complexity index is 351. The summed E-state index contributed by atoms with van der Waals surface area (Å²) in [5.74, 6) is 0. The zero-order valence-electron chi connectivity index (χ0n) is 12.8. The van der Waals surface area contributed by atoms with E-state index in [1.165, 1.54) is 31.2 Å². The van der Waals surface area contributed by atoms with Crippen LogP contribution in [0.1, 0.15) is 56.8 Å². The van der Waals surface area contributed by atoms with E-state index in [4.69, 9.17) is 5.11 Å². The largest absolute Gasteiger partial charge is 0.395 e. The lowest BCUT2D eigenvalue weighted by Gasteiger charge is -2.20. The molecule has 0 saturated heterocycles. The van der Waals surface area contributed by atoms with Gasteiger partial charge in [-0.3, -0.25) is 0 Å². The highest BCUT2D eigenvalue weighted by Crippen LogP contribution is 2.18. The lowest BCUT2D eigenvalue weighted by molar-refractivity contribution is 0.132. The molecule has 3 nitrogen and oxygen atoms in total. The highest BCUT2D eigenvalue weighted by Gasteiger charge is 2.15. The van der Waals surface area contributed by atoms with Gasteiger partial charge in [-0.05, 0) is 30.9 Å². The summed E-state index contributed by atoms with van der Waals surface area (Å²) < 4.78 is 0. The second kappa shape index (κ2) is 9.92. The molecule has 0 fully saturated rings. The first-order chi connectivity index (χ1) is 9.69. The molecule has 0 aliphatic heterocycles. The number of aliphatic hydroxyl groups is 2. The first kappa shape index (κ1) is 17.2. The summed E-state index contributed by atoms with van der Waals surface area (Å²) in [5.41, 5.74) is 2.27. The van der Waals surface area contributed by atoms with Crippen molar-refractivity contribution in [2.45, 2.75) is 58.1 Å². The van der Waals surface area contributed by atoms with E-state index in [9.17, 15) is 5.11 Å². The molecule has 0 radical (unpaired) electrons. The number of hydrogen-bond donors (Lipinski definition) is 3. The first-order valence-electron chi connectivity index (χ1n) is 7.80. The average molecular weight is 279 g/mol. The van der Waals surface area contributed by atoms with E-state index in [2.05, 4.69) is 24.4 Å². The molecule has 1 rings (SSSR count). The topological polar surface area (TPSA) is 52.5 Å². The van der Waals surface area contributed by atoms with E-state index in [1.54, 1.807) is 0 Å². The van der Waals surface area contributed by atoms with Crippen molar-refractivity contribution in [1.82, 2.24) is 5.32 Å². The van der Waals surface area contributed by atoms with Crippen molar-refractivity contribution in [3.8, 4) is 0 Å². The second-order valence-electron chi connectivity index (χ2n) is 5.46. The van der Waals surface area contributed by atoms with E-state index >= 15 is 0 Å². The third-order valence-electron chi connectivity index (χ3n) is 3.69. The Balaban J connectivity index is 2.44. The van der Waals surface area contributed by atoms with Crippen LogP contribution in [0.15, 0.2) is 24.3 Å². The zero-order chi connectivity index (χ0) is 14.8. The van der Waals surface area contributed by atoms with Crippen LogP contribution in [0.5, 0.6) is 0 Å². The van der Waals surface area contributed by atoms with Gasteiger partial charge in [0.25, 0.3) is 0 Å². The minimum Gasteiger partial charge on any atom is -0.395 e. The molecule has 0 aromatic heterocycles. The Morgan fingerprint density at radius 1 is 1.10 bits per heavy atom. The molecular weight excluding hydrogens is 250 g/mol. The number of aryl methyl sites for hydroxylation is 1. The Labute approximate surface area is 123 Å². The van der Waals surface area contributed by atoms with Crippen LogP contribution < -0.4 is 5.32 Å². The molecule has 1 aromatic carbocycles. The molecule has 20 heavy (non-hydrogen) atoms. The Morgan fingerprint density at radius 3 is 2.40 bits per heavy atom. The van der Waals surface area contributed by atoms with Gasteiger partial charge >= 0.3 is 0 Å². The summed E-state index contributed by atoms with van der Waals surface area (Å²) in [7, 11) is 0. The third kappa shape index (κ3) is 6.04. The van der Waals surface area contributed by atoms with Crippen LogP contribution in [0.25, 0.3) is 0 Å². The molecule has 0 amide bonds. The molecule has 0 aliphatic carbocycles. The number of rotatable bonds is 10. The van der Waals surface area contributed by atoms with Gasteiger partial charge < -0.3 is 15.5 Å². The summed E-state index contributed by atoms with van der Waals surface area (Å²) in [4.78, 5) is 0. The van der Waals surface area contributed by atoms with Crippen LogP contribution in [0.2, 0.25) is 0 Å². The van der Waals surface area contributed by atoms with E-state index in [1.807, 2.05) is 19.1 Å². The van der Waals surface area contributed by atoms with Gasteiger partial charge in [-0.25, -0.2) is 0 Å². The predicted molar refractivity (Wildman–Crippen MR) is 83.8 cm³/mol. The maximum atomic E-state index is 10.2. The van der Waals surface area contributed by atoms with Crippen LogP contribution in [-0.2, 0) is 6.42 Å². The highest BCUT2D eigenvalue weighted by atomic mass is 16.3. The lowest BCUT2D eigenvalue weighted by Crippen LogP contribution is -2.34. The monoisotopic (exact) mass is 279 g/mol. The first-order valence-corrected chi connectivity index (χ1v) is 7.80. The molecule has 0 heterocycles. The van der Waals surface area contributed by atoms with Gasteiger partial charge in [0.1, 0.15) is 0 Å². The van der Waals surface area contributed by atoms with Gasteiger partial charge in [-0.2, -0.15) is 0 Å². The molecule has 0 aliphatic rings. The molecule has 2 atom stereocenters. The van der Waals surface area contributed by atoms with Gasteiger partial charge in [0, 0.05) is 12.6 Å². The van der Waals surface area contributed by atoms with Crippen LogP contribution in [0.4, 0.5) is 0 Å². The summed E-state index contributed by atoms with van der Waals surface area (Å²) in [5, 5.41) is 22.1. The lowest BCUT2D eigenvalue weighted by atomic mass is 10.00. The van der Waals surface area contributed by atoms with Gasteiger partial charge in [0.15, 0.2) is 0 Å². The Morgan fingerprint density at radius 2 is 1.80 bits per heavy atom. The van der Waals surface area contributed by atoms with Crippen molar-refractivity contribution in [2.75, 3.05) is 13.2 Å². The fraction of sp³-hybridized carbons (Fsp3) is 0.647. The van der Waals surface area contributed by atoms with Crippen molar-refractivity contribution in [3.63, 3.8) is 0 Å². The molecule has 2 unspecified atom stereocenters. The van der Waals surface area contributed by atoms with E-state index in [-0.39, 0.29) is 12.6 Å².